The van der Waals surface area contributed by atoms with Crippen molar-refractivity contribution in [2.45, 2.75) is 6.54 Å². The number of hydrogen-bond acceptors (Lipinski definition) is 4. The lowest BCUT2D eigenvalue weighted by Crippen LogP contribution is -2.48. The van der Waals surface area contributed by atoms with E-state index in [-0.39, 0.29) is 5.91 Å². The van der Waals surface area contributed by atoms with Crippen LogP contribution in [0.15, 0.2) is 47.1 Å². The standard InChI is InChI=1S/C18H23N3O2/c1-19(2)14-15-5-3-6-16(13-15)20-8-10-21(11-9-20)18(22)17-7-4-12-23-17/h3-7,12-13H,8-11,14H2,1-2H3. The highest BCUT2D eigenvalue weighted by Crippen LogP contribution is 2.19. The zero-order chi connectivity index (χ0) is 16.2. The van der Waals surface area contributed by atoms with Crippen LogP contribution in [0.3, 0.4) is 0 Å². The molecule has 0 N–H and O–H groups in total. The Bertz CT molecular complexity index is 644. The van der Waals surface area contributed by atoms with Gasteiger partial charge < -0.3 is 19.1 Å². The van der Waals surface area contributed by atoms with Gasteiger partial charge in [0.1, 0.15) is 0 Å². The number of anilines is 1. The summed E-state index contributed by atoms with van der Waals surface area (Å²) in [4.78, 5) is 18.7. The summed E-state index contributed by atoms with van der Waals surface area (Å²) in [5.41, 5.74) is 2.54. The van der Waals surface area contributed by atoms with Crippen molar-refractivity contribution in [2.24, 2.45) is 0 Å². The van der Waals surface area contributed by atoms with Crippen molar-refractivity contribution in [1.29, 1.82) is 0 Å². The first-order valence-electron chi connectivity index (χ1n) is 7.95. The first-order chi connectivity index (χ1) is 11.1. The lowest BCUT2D eigenvalue weighted by Gasteiger charge is -2.36. The zero-order valence-corrected chi connectivity index (χ0v) is 13.7. The number of piperazine rings is 1. The highest BCUT2D eigenvalue weighted by Gasteiger charge is 2.23. The lowest BCUT2D eigenvalue weighted by molar-refractivity contribution is 0.0714. The minimum atomic E-state index is -0.0176. The second-order valence-electron chi connectivity index (χ2n) is 6.16. The molecule has 0 aliphatic carbocycles. The van der Waals surface area contributed by atoms with Gasteiger partial charge in [0.05, 0.1) is 6.26 Å². The van der Waals surface area contributed by atoms with Gasteiger partial charge in [-0.3, -0.25) is 4.79 Å². The van der Waals surface area contributed by atoms with Crippen LogP contribution < -0.4 is 4.90 Å². The highest BCUT2D eigenvalue weighted by atomic mass is 16.3. The van der Waals surface area contributed by atoms with E-state index in [1.165, 1.54) is 11.3 Å². The second-order valence-corrected chi connectivity index (χ2v) is 6.16. The van der Waals surface area contributed by atoms with Crippen molar-refractivity contribution in [1.82, 2.24) is 9.80 Å². The maximum absolute atomic E-state index is 12.3. The zero-order valence-electron chi connectivity index (χ0n) is 13.7. The molecule has 1 amide bonds. The fraction of sp³-hybridized carbons (Fsp3) is 0.389. The van der Waals surface area contributed by atoms with E-state index in [4.69, 9.17) is 4.42 Å². The van der Waals surface area contributed by atoms with Crippen LogP contribution in [0, 0.1) is 0 Å². The van der Waals surface area contributed by atoms with E-state index in [1.54, 1.807) is 18.4 Å². The van der Waals surface area contributed by atoms with Crippen LogP contribution in [0.5, 0.6) is 0 Å². The van der Waals surface area contributed by atoms with Gasteiger partial charge in [0.15, 0.2) is 5.76 Å². The third-order valence-electron chi connectivity index (χ3n) is 4.07. The Morgan fingerprint density at radius 1 is 1.13 bits per heavy atom. The van der Waals surface area contributed by atoms with Crippen LogP contribution in [0.4, 0.5) is 5.69 Å². The van der Waals surface area contributed by atoms with Crippen LogP contribution in [0.2, 0.25) is 0 Å². The van der Waals surface area contributed by atoms with E-state index in [0.717, 1.165) is 32.7 Å². The molecular weight excluding hydrogens is 290 g/mol. The Hall–Kier alpha value is -2.27. The fourth-order valence-electron chi connectivity index (χ4n) is 2.94. The Labute approximate surface area is 137 Å². The molecule has 5 nitrogen and oxygen atoms in total. The SMILES string of the molecule is CN(C)Cc1cccc(N2CCN(C(=O)c3ccco3)CC2)c1. The molecule has 2 aromatic rings. The van der Waals surface area contributed by atoms with Crippen molar-refractivity contribution < 1.29 is 9.21 Å². The Morgan fingerprint density at radius 2 is 1.91 bits per heavy atom. The summed E-state index contributed by atoms with van der Waals surface area (Å²) in [5.74, 6) is 0.405. The number of nitrogens with zero attached hydrogens (tertiary/aromatic N) is 3. The smallest absolute Gasteiger partial charge is 0.289 e. The number of rotatable bonds is 4. The van der Waals surface area contributed by atoms with E-state index >= 15 is 0 Å². The molecule has 1 aliphatic heterocycles. The van der Waals surface area contributed by atoms with Crippen LogP contribution in [-0.4, -0.2) is 56.0 Å². The average molecular weight is 313 g/mol. The van der Waals surface area contributed by atoms with Crippen molar-refractivity contribution in [3.8, 4) is 0 Å². The predicted molar refractivity (Wildman–Crippen MR) is 90.7 cm³/mol. The molecule has 1 aliphatic rings. The molecule has 0 atom stereocenters. The number of furan rings is 1. The normalized spacial score (nSPS) is 15.3. The maximum atomic E-state index is 12.3. The summed E-state index contributed by atoms with van der Waals surface area (Å²) in [6.45, 7) is 4.06. The van der Waals surface area contributed by atoms with Gasteiger partial charge in [-0.1, -0.05) is 12.1 Å². The summed E-state index contributed by atoms with van der Waals surface area (Å²) in [5, 5.41) is 0. The Morgan fingerprint density at radius 3 is 2.57 bits per heavy atom. The summed E-state index contributed by atoms with van der Waals surface area (Å²) >= 11 is 0. The molecular formula is C18H23N3O2. The number of amides is 1. The fourth-order valence-corrected chi connectivity index (χ4v) is 2.94. The maximum Gasteiger partial charge on any atom is 0.289 e. The molecule has 1 aromatic heterocycles. The number of hydrogen-bond donors (Lipinski definition) is 0. The molecule has 1 fully saturated rings. The summed E-state index contributed by atoms with van der Waals surface area (Å²) < 4.78 is 5.20. The second kappa shape index (κ2) is 6.87. The van der Waals surface area contributed by atoms with Crippen LogP contribution in [0.25, 0.3) is 0 Å². The molecule has 5 heteroatoms. The summed E-state index contributed by atoms with van der Waals surface area (Å²) in [7, 11) is 4.15. The monoisotopic (exact) mass is 313 g/mol. The van der Waals surface area contributed by atoms with Gasteiger partial charge in [-0.2, -0.15) is 0 Å². The molecule has 0 spiro atoms. The molecule has 3 rings (SSSR count). The van der Waals surface area contributed by atoms with Crippen molar-refractivity contribution in [2.75, 3.05) is 45.2 Å². The van der Waals surface area contributed by atoms with Gasteiger partial charge in [0, 0.05) is 38.4 Å². The van der Waals surface area contributed by atoms with Gasteiger partial charge >= 0.3 is 0 Å². The molecule has 1 aromatic carbocycles. The van der Waals surface area contributed by atoms with Crippen molar-refractivity contribution >= 4 is 11.6 Å². The third-order valence-corrected chi connectivity index (χ3v) is 4.07. The topological polar surface area (TPSA) is 39.9 Å². The van der Waals surface area contributed by atoms with Gasteiger partial charge in [-0.15, -0.1) is 0 Å². The minimum absolute atomic E-state index is 0.0176. The molecule has 2 heterocycles. The third kappa shape index (κ3) is 3.74. The molecule has 0 saturated carbocycles. The molecule has 1 saturated heterocycles. The first-order valence-corrected chi connectivity index (χ1v) is 7.95. The average Bonchev–Trinajstić information content (AvgIpc) is 3.08. The largest absolute Gasteiger partial charge is 0.459 e. The van der Waals surface area contributed by atoms with Crippen molar-refractivity contribution in [3.63, 3.8) is 0 Å². The van der Waals surface area contributed by atoms with Crippen LogP contribution >= 0.6 is 0 Å². The van der Waals surface area contributed by atoms with E-state index in [9.17, 15) is 4.79 Å². The van der Waals surface area contributed by atoms with E-state index in [2.05, 4.69) is 48.2 Å². The van der Waals surface area contributed by atoms with Gasteiger partial charge in [-0.05, 0) is 43.9 Å². The highest BCUT2D eigenvalue weighted by molar-refractivity contribution is 5.91. The van der Waals surface area contributed by atoms with E-state index in [0.29, 0.717) is 5.76 Å². The van der Waals surface area contributed by atoms with Crippen LogP contribution in [0.1, 0.15) is 16.1 Å². The Kier molecular flexibility index (Phi) is 4.67. The molecule has 23 heavy (non-hydrogen) atoms. The predicted octanol–water partition coefficient (Wildman–Crippen LogP) is 2.30. The van der Waals surface area contributed by atoms with Gasteiger partial charge in [-0.25, -0.2) is 0 Å². The van der Waals surface area contributed by atoms with Gasteiger partial charge in [0.25, 0.3) is 5.91 Å². The number of carbonyl (C=O) groups is 1. The summed E-state index contributed by atoms with van der Waals surface area (Å²) in [6.07, 6.45) is 1.54. The first kappa shape index (κ1) is 15.6. The lowest BCUT2D eigenvalue weighted by atomic mass is 10.1. The molecule has 0 bridgehead atoms. The number of carbonyl (C=O) groups excluding carboxylic acids is 1. The molecule has 0 radical (unpaired) electrons. The number of benzene rings is 1. The van der Waals surface area contributed by atoms with Gasteiger partial charge in [0.2, 0.25) is 0 Å². The summed E-state index contributed by atoms with van der Waals surface area (Å²) in [6, 6.07) is 12.1. The Balaban J connectivity index is 1.61. The minimum Gasteiger partial charge on any atom is -0.459 e. The van der Waals surface area contributed by atoms with E-state index in [1.807, 2.05) is 4.90 Å². The molecule has 0 unspecified atom stereocenters. The molecule has 122 valence electrons. The van der Waals surface area contributed by atoms with Crippen LogP contribution in [-0.2, 0) is 6.54 Å². The van der Waals surface area contributed by atoms with E-state index < -0.39 is 0 Å². The quantitative estimate of drug-likeness (QED) is 0.868. The van der Waals surface area contributed by atoms with Crippen molar-refractivity contribution in [3.05, 3.63) is 54.0 Å².